The van der Waals surface area contributed by atoms with Crippen molar-refractivity contribution in [3.63, 3.8) is 0 Å². The molecule has 1 aromatic rings. The molecule has 3 N–H and O–H groups in total. The number of nitrogens with two attached hydrogens (primary N) is 1. The molecule has 0 spiro atoms. The van der Waals surface area contributed by atoms with Crippen molar-refractivity contribution in [3.8, 4) is 0 Å². The second-order valence-corrected chi connectivity index (χ2v) is 3.17. The molecule has 0 bridgehead atoms. The third kappa shape index (κ3) is 2.12. The molecule has 0 heterocycles. The van der Waals surface area contributed by atoms with Crippen LogP contribution in [0.3, 0.4) is 0 Å². The van der Waals surface area contributed by atoms with Gasteiger partial charge in [-0.25, -0.2) is 0 Å². The number of thiol groups is 1. The number of hydrogen-bond acceptors (Lipinski definition) is 3. The van der Waals surface area contributed by atoms with Crippen LogP contribution in [-0.2, 0) is 5.33 Å². The zero-order valence-electron chi connectivity index (χ0n) is 5.84. The first-order valence-electron chi connectivity index (χ1n) is 3.12. The molecule has 2 nitrogen and oxygen atoms in total. The normalized spacial score (nSPS) is 9.73. The van der Waals surface area contributed by atoms with Gasteiger partial charge < -0.3 is 5.43 Å². The van der Waals surface area contributed by atoms with Gasteiger partial charge in [-0.3, -0.25) is 5.84 Å². The summed E-state index contributed by atoms with van der Waals surface area (Å²) in [6.45, 7) is 0. The monoisotopic (exact) mass is 232 g/mol. The molecule has 0 aromatic heterocycles. The Morgan fingerprint density at radius 2 is 2.27 bits per heavy atom. The Labute approximate surface area is 79.7 Å². The summed E-state index contributed by atoms with van der Waals surface area (Å²) in [4.78, 5) is 0.859. The molecule has 0 saturated heterocycles. The van der Waals surface area contributed by atoms with Crippen molar-refractivity contribution in [1.29, 1.82) is 0 Å². The second-order valence-electron chi connectivity index (χ2n) is 2.13. The van der Waals surface area contributed by atoms with E-state index in [1.54, 1.807) is 0 Å². The van der Waals surface area contributed by atoms with E-state index in [4.69, 9.17) is 5.84 Å². The Morgan fingerprint density at radius 1 is 1.55 bits per heavy atom. The Kier molecular flexibility index (Phi) is 3.23. The summed E-state index contributed by atoms with van der Waals surface area (Å²) >= 11 is 7.56. The van der Waals surface area contributed by atoms with E-state index in [0.717, 1.165) is 15.9 Å². The van der Waals surface area contributed by atoms with Crippen molar-refractivity contribution in [2.45, 2.75) is 10.2 Å². The lowest BCUT2D eigenvalue weighted by Gasteiger charge is -2.04. The van der Waals surface area contributed by atoms with Gasteiger partial charge in [0.1, 0.15) is 0 Å². The van der Waals surface area contributed by atoms with Gasteiger partial charge in [0.25, 0.3) is 0 Å². The predicted octanol–water partition coefficient (Wildman–Crippen LogP) is 2.16. The van der Waals surface area contributed by atoms with Gasteiger partial charge in [-0.2, -0.15) is 0 Å². The number of halogens is 1. The molecule has 0 aliphatic carbocycles. The first-order chi connectivity index (χ1) is 5.27. The van der Waals surface area contributed by atoms with Gasteiger partial charge in [-0.15, -0.1) is 12.6 Å². The van der Waals surface area contributed by atoms with E-state index in [1.165, 1.54) is 5.56 Å². The fourth-order valence-electron chi connectivity index (χ4n) is 0.782. The van der Waals surface area contributed by atoms with Crippen molar-refractivity contribution < 1.29 is 0 Å². The average molecular weight is 233 g/mol. The molecule has 0 atom stereocenters. The molecule has 0 unspecified atom stereocenters. The zero-order valence-corrected chi connectivity index (χ0v) is 8.32. The highest BCUT2D eigenvalue weighted by atomic mass is 79.9. The molecule has 11 heavy (non-hydrogen) atoms. The van der Waals surface area contributed by atoms with Crippen LogP contribution in [0.15, 0.2) is 23.1 Å². The Bertz CT molecular complexity index is 252. The number of hydrazine groups is 1. The molecule has 4 heteroatoms. The summed E-state index contributed by atoms with van der Waals surface area (Å²) in [7, 11) is 0. The molecule has 0 radical (unpaired) electrons. The average Bonchev–Trinajstić information content (AvgIpc) is 2.05. The number of hydrogen-bond donors (Lipinski definition) is 3. The highest BCUT2D eigenvalue weighted by Gasteiger charge is 1.97. The van der Waals surface area contributed by atoms with Crippen molar-refractivity contribution in [3.05, 3.63) is 23.8 Å². The van der Waals surface area contributed by atoms with Crippen LogP contribution in [0.5, 0.6) is 0 Å². The molecule has 0 aliphatic heterocycles. The van der Waals surface area contributed by atoms with Gasteiger partial charge in [-0.05, 0) is 17.7 Å². The van der Waals surface area contributed by atoms with Crippen LogP contribution in [0, 0.1) is 0 Å². The molecular weight excluding hydrogens is 224 g/mol. The van der Waals surface area contributed by atoms with Gasteiger partial charge in [0, 0.05) is 10.2 Å². The topological polar surface area (TPSA) is 38.0 Å². The third-order valence-corrected chi connectivity index (χ3v) is 2.41. The Balaban J connectivity index is 3.02. The molecule has 1 aromatic carbocycles. The van der Waals surface area contributed by atoms with E-state index >= 15 is 0 Å². The standard InChI is InChI=1S/C7H9BrN2S/c8-4-5-1-2-7(11)6(3-5)10-9/h1-3,10-11H,4,9H2. The lowest BCUT2D eigenvalue weighted by Crippen LogP contribution is -2.07. The molecule has 1 rings (SSSR count). The number of alkyl halides is 1. The molecule has 0 amide bonds. The van der Waals surface area contributed by atoms with E-state index in [1.807, 2.05) is 18.2 Å². The lowest BCUT2D eigenvalue weighted by molar-refractivity contribution is 1.27. The molecule has 60 valence electrons. The third-order valence-electron chi connectivity index (χ3n) is 1.37. The van der Waals surface area contributed by atoms with Crippen LogP contribution >= 0.6 is 28.6 Å². The van der Waals surface area contributed by atoms with Gasteiger partial charge in [0.15, 0.2) is 0 Å². The first kappa shape index (κ1) is 8.90. The van der Waals surface area contributed by atoms with Crippen LogP contribution in [0.2, 0.25) is 0 Å². The SMILES string of the molecule is NNc1cc(CBr)ccc1S. The first-order valence-corrected chi connectivity index (χ1v) is 4.69. The minimum Gasteiger partial charge on any atom is -0.323 e. The minimum absolute atomic E-state index is 0.829. The van der Waals surface area contributed by atoms with Crippen LogP contribution in [-0.4, -0.2) is 0 Å². The van der Waals surface area contributed by atoms with Gasteiger partial charge in [-0.1, -0.05) is 22.0 Å². The molecule has 0 aliphatic rings. The fourth-order valence-corrected chi connectivity index (χ4v) is 1.33. The van der Waals surface area contributed by atoms with Crippen molar-refractivity contribution in [2.75, 3.05) is 5.43 Å². The molecule has 0 fully saturated rings. The highest BCUT2D eigenvalue weighted by Crippen LogP contribution is 2.21. The van der Waals surface area contributed by atoms with E-state index in [9.17, 15) is 0 Å². The highest BCUT2D eigenvalue weighted by molar-refractivity contribution is 9.08. The number of rotatable bonds is 2. The van der Waals surface area contributed by atoms with Gasteiger partial charge >= 0.3 is 0 Å². The van der Waals surface area contributed by atoms with Crippen molar-refractivity contribution >= 4 is 34.2 Å². The predicted molar refractivity (Wildman–Crippen MR) is 54.1 cm³/mol. The maximum atomic E-state index is 5.26. The summed E-state index contributed by atoms with van der Waals surface area (Å²) < 4.78 is 0. The minimum atomic E-state index is 0.829. The number of benzene rings is 1. The summed E-state index contributed by atoms with van der Waals surface area (Å²) in [5.41, 5.74) is 4.60. The van der Waals surface area contributed by atoms with Gasteiger partial charge in [0.05, 0.1) is 5.69 Å². The number of anilines is 1. The molecule has 0 saturated carbocycles. The van der Waals surface area contributed by atoms with Crippen LogP contribution < -0.4 is 11.3 Å². The number of nitrogens with one attached hydrogen (secondary N) is 1. The van der Waals surface area contributed by atoms with E-state index in [0.29, 0.717) is 0 Å². The van der Waals surface area contributed by atoms with Crippen LogP contribution in [0.1, 0.15) is 5.56 Å². The summed E-state index contributed by atoms with van der Waals surface area (Å²) in [5.74, 6) is 5.26. The number of nitrogen functional groups attached to an aromatic ring is 1. The lowest BCUT2D eigenvalue weighted by atomic mass is 10.2. The van der Waals surface area contributed by atoms with Crippen molar-refractivity contribution in [2.24, 2.45) is 5.84 Å². The molecular formula is C7H9BrN2S. The van der Waals surface area contributed by atoms with Crippen LogP contribution in [0.4, 0.5) is 5.69 Å². The Morgan fingerprint density at radius 3 is 2.82 bits per heavy atom. The van der Waals surface area contributed by atoms with Crippen molar-refractivity contribution in [1.82, 2.24) is 0 Å². The van der Waals surface area contributed by atoms with E-state index in [-0.39, 0.29) is 0 Å². The summed E-state index contributed by atoms with van der Waals surface area (Å²) in [6.07, 6.45) is 0. The van der Waals surface area contributed by atoms with E-state index in [2.05, 4.69) is 34.0 Å². The van der Waals surface area contributed by atoms with E-state index < -0.39 is 0 Å². The largest absolute Gasteiger partial charge is 0.323 e. The van der Waals surface area contributed by atoms with Crippen LogP contribution in [0.25, 0.3) is 0 Å². The quantitative estimate of drug-likeness (QED) is 0.317. The zero-order chi connectivity index (χ0) is 8.27. The smallest absolute Gasteiger partial charge is 0.0621 e. The maximum absolute atomic E-state index is 5.26. The Hall–Kier alpha value is -0.190. The summed E-state index contributed by atoms with van der Waals surface area (Å²) in [6, 6.07) is 5.86. The summed E-state index contributed by atoms with van der Waals surface area (Å²) in [5, 5.41) is 0.829. The second kappa shape index (κ2) is 3.99. The fraction of sp³-hybridized carbons (Fsp3) is 0.143. The van der Waals surface area contributed by atoms with Gasteiger partial charge in [0.2, 0.25) is 0 Å². The maximum Gasteiger partial charge on any atom is 0.0621 e.